The first-order valence-corrected chi connectivity index (χ1v) is 3.60. The molecule has 0 atom stereocenters. The Morgan fingerprint density at radius 3 is 2.70 bits per heavy atom. The van der Waals surface area contributed by atoms with Crippen LogP contribution in [-0.2, 0) is 0 Å². The van der Waals surface area contributed by atoms with Gasteiger partial charge in [-0.15, -0.1) is 0 Å². The predicted octanol–water partition coefficient (Wildman–Crippen LogP) is -0.210. The average Bonchev–Trinajstić information content (AvgIpc) is 1.94. The van der Waals surface area contributed by atoms with Crippen LogP contribution in [0.15, 0.2) is 18.2 Å². The third-order valence-corrected chi connectivity index (χ3v) is 1.68. The van der Waals surface area contributed by atoms with Gasteiger partial charge in [-0.3, -0.25) is 0 Å². The van der Waals surface area contributed by atoms with Crippen LogP contribution in [0.25, 0.3) is 0 Å². The Morgan fingerprint density at radius 2 is 2.20 bits per heavy atom. The number of nitrogens with zero attached hydrogens (tertiary/aromatic N) is 1. The molecule has 50 valence electrons. The molecule has 0 fully saturated rings. The van der Waals surface area contributed by atoms with Crippen LogP contribution in [0.2, 0.25) is 0 Å². The van der Waals surface area contributed by atoms with E-state index in [0.717, 1.165) is 4.46 Å². The Labute approximate surface area is 66.9 Å². The van der Waals surface area contributed by atoms with E-state index < -0.39 is 0 Å². The molecule has 1 aromatic rings. The fourth-order valence-corrected chi connectivity index (χ4v) is 1.04. The number of phenols is 1. The van der Waals surface area contributed by atoms with Gasteiger partial charge in [0.1, 0.15) is 0 Å². The molecule has 0 radical (unpaired) electrons. The van der Waals surface area contributed by atoms with E-state index >= 15 is 0 Å². The molecular formula is C7H5NOSe. The SMILES string of the molecule is N#Cc1cc([SeH])ccc1O. The van der Waals surface area contributed by atoms with E-state index in [1.165, 1.54) is 6.07 Å². The van der Waals surface area contributed by atoms with Gasteiger partial charge in [0.05, 0.1) is 0 Å². The summed E-state index contributed by atoms with van der Waals surface area (Å²) in [7, 11) is 0. The first-order chi connectivity index (χ1) is 4.74. The average molecular weight is 198 g/mol. The molecule has 0 saturated heterocycles. The molecule has 1 N–H and O–H groups in total. The van der Waals surface area contributed by atoms with E-state index in [2.05, 4.69) is 16.0 Å². The summed E-state index contributed by atoms with van der Waals surface area (Å²) in [5.74, 6) is 0.0392. The summed E-state index contributed by atoms with van der Waals surface area (Å²) in [4.78, 5) is 0. The molecular weight excluding hydrogens is 193 g/mol. The number of nitriles is 1. The minimum absolute atomic E-state index is 0.0392. The molecule has 10 heavy (non-hydrogen) atoms. The molecule has 0 bridgehead atoms. The van der Waals surface area contributed by atoms with E-state index in [4.69, 9.17) is 10.4 Å². The molecule has 0 aromatic heterocycles. The van der Waals surface area contributed by atoms with E-state index in [1.54, 1.807) is 12.1 Å². The Balaban J connectivity index is 3.25. The Morgan fingerprint density at radius 1 is 1.50 bits per heavy atom. The first-order valence-electron chi connectivity index (χ1n) is 2.66. The van der Waals surface area contributed by atoms with Crippen molar-refractivity contribution < 1.29 is 5.11 Å². The molecule has 0 aliphatic carbocycles. The van der Waals surface area contributed by atoms with Gasteiger partial charge in [-0.1, -0.05) is 0 Å². The van der Waals surface area contributed by atoms with Gasteiger partial charge in [-0.05, 0) is 0 Å². The second-order valence-corrected chi connectivity index (χ2v) is 2.90. The van der Waals surface area contributed by atoms with Gasteiger partial charge in [-0.25, -0.2) is 0 Å². The number of hydrogen-bond acceptors (Lipinski definition) is 2. The third kappa shape index (κ3) is 1.30. The number of aromatic hydroxyl groups is 1. The van der Waals surface area contributed by atoms with Crippen molar-refractivity contribution in [1.82, 2.24) is 0 Å². The Hall–Kier alpha value is -0.971. The van der Waals surface area contributed by atoms with Crippen LogP contribution < -0.4 is 4.46 Å². The summed E-state index contributed by atoms with van der Waals surface area (Å²) in [6.07, 6.45) is 0. The van der Waals surface area contributed by atoms with Crippen LogP contribution in [0, 0.1) is 11.3 Å². The number of hydrogen-bond donors (Lipinski definition) is 1. The van der Waals surface area contributed by atoms with Crippen LogP contribution in [0.1, 0.15) is 5.56 Å². The van der Waals surface area contributed by atoms with Crippen molar-refractivity contribution in [2.75, 3.05) is 0 Å². The Kier molecular flexibility index (Phi) is 1.96. The van der Waals surface area contributed by atoms with Crippen molar-refractivity contribution >= 4 is 20.5 Å². The molecule has 0 spiro atoms. The summed E-state index contributed by atoms with van der Waals surface area (Å²) in [5.41, 5.74) is 0.318. The van der Waals surface area contributed by atoms with Gasteiger partial charge in [-0.2, -0.15) is 0 Å². The van der Waals surface area contributed by atoms with E-state index in [9.17, 15) is 0 Å². The molecule has 0 unspecified atom stereocenters. The van der Waals surface area contributed by atoms with Crippen molar-refractivity contribution in [2.24, 2.45) is 0 Å². The van der Waals surface area contributed by atoms with Crippen molar-refractivity contribution in [3.8, 4) is 11.8 Å². The van der Waals surface area contributed by atoms with E-state index in [-0.39, 0.29) is 5.75 Å². The zero-order chi connectivity index (χ0) is 7.56. The zero-order valence-corrected chi connectivity index (χ0v) is 6.95. The predicted molar refractivity (Wildman–Crippen MR) is 39.6 cm³/mol. The van der Waals surface area contributed by atoms with Crippen molar-refractivity contribution in [3.63, 3.8) is 0 Å². The van der Waals surface area contributed by atoms with Crippen LogP contribution in [0.4, 0.5) is 0 Å². The number of phenolic OH excluding ortho intramolecular Hbond substituents is 1. The zero-order valence-electron chi connectivity index (χ0n) is 5.07. The molecule has 2 nitrogen and oxygen atoms in total. The quantitative estimate of drug-likeness (QED) is 0.586. The molecule has 1 rings (SSSR count). The summed E-state index contributed by atoms with van der Waals surface area (Å²) in [6, 6.07) is 6.73. The molecule has 3 heteroatoms. The van der Waals surface area contributed by atoms with E-state index in [0.29, 0.717) is 5.56 Å². The van der Waals surface area contributed by atoms with Gasteiger partial charge >= 0.3 is 66.4 Å². The molecule has 0 aliphatic heterocycles. The normalized spacial score (nSPS) is 8.80. The van der Waals surface area contributed by atoms with Crippen LogP contribution in [0.3, 0.4) is 0 Å². The minimum atomic E-state index is 0.0392. The monoisotopic (exact) mass is 199 g/mol. The van der Waals surface area contributed by atoms with Crippen LogP contribution in [-0.4, -0.2) is 21.1 Å². The van der Waals surface area contributed by atoms with Crippen LogP contribution in [0.5, 0.6) is 5.75 Å². The summed E-state index contributed by atoms with van der Waals surface area (Å²) in [5, 5.41) is 17.4. The van der Waals surface area contributed by atoms with Gasteiger partial charge in [0.2, 0.25) is 0 Å². The Bertz CT molecular complexity index is 290. The van der Waals surface area contributed by atoms with Gasteiger partial charge in [0, 0.05) is 0 Å². The standard InChI is InChI=1S/C7H5NOSe/c8-4-5-3-6(10)1-2-7(5)9/h1-3,9-10H. The molecule has 0 amide bonds. The summed E-state index contributed by atoms with van der Waals surface area (Å²) >= 11 is 2.31. The van der Waals surface area contributed by atoms with Crippen LogP contribution >= 0.6 is 0 Å². The second kappa shape index (κ2) is 2.74. The van der Waals surface area contributed by atoms with Crippen molar-refractivity contribution in [2.45, 2.75) is 0 Å². The fourth-order valence-electron chi connectivity index (χ4n) is 0.614. The molecule has 0 aliphatic rings. The molecule has 0 saturated carbocycles. The summed E-state index contributed by atoms with van der Waals surface area (Å²) in [6.45, 7) is 0. The topological polar surface area (TPSA) is 44.0 Å². The fraction of sp³-hybridized carbons (Fsp3) is 0. The van der Waals surface area contributed by atoms with Gasteiger partial charge in [0.15, 0.2) is 0 Å². The summed E-state index contributed by atoms with van der Waals surface area (Å²) < 4.78 is 0.918. The van der Waals surface area contributed by atoms with Gasteiger partial charge in [0.25, 0.3) is 0 Å². The maximum absolute atomic E-state index is 9.01. The van der Waals surface area contributed by atoms with Crippen molar-refractivity contribution in [1.29, 1.82) is 5.26 Å². The number of benzene rings is 1. The number of rotatable bonds is 0. The second-order valence-electron chi connectivity index (χ2n) is 1.81. The van der Waals surface area contributed by atoms with Gasteiger partial charge < -0.3 is 0 Å². The first kappa shape index (κ1) is 7.14. The molecule has 0 heterocycles. The van der Waals surface area contributed by atoms with Crippen molar-refractivity contribution in [3.05, 3.63) is 23.8 Å². The third-order valence-electron chi connectivity index (χ3n) is 1.10. The van der Waals surface area contributed by atoms with E-state index in [1.807, 2.05) is 6.07 Å². The molecule has 1 aromatic carbocycles. The maximum atomic E-state index is 9.01.